The van der Waals surface area contributed by atoms with Crippen molar-refractivity contribution in [1.29, 1.82) is 0 Å². The fourth-order valence-electron chi connectivity index (χ4n) is 5.20. The van der Waals surface area contributed by atoms with Crippen LogP contribution in [0.3, 0.4) is 0 Å². The van der Waals surface area contributed by atoms with Crippen LogP contribution in [0.5, 0.6) is 5.75 Å². The first kappa shape index (κ1) is 25.9. The van der Waals surface area contributed by atoms with Crippen LogP contribution >= 0.6 is 11.6 Å². The molecule has 2 aliphatic heterocycles. The van der Waals surface area contributed by atoms with Gasteiger partial charge in [-0.1, -0.05) is 11.6 Å². The van der Waals surface area contributed by atoms with E-state index in [1.54, 1.807) is 23.2 Å². The molecule has 0 bridgehead atoms. The summed E-state index contributed by atoms with van der Waals surface area (Å²) in [7, 11) is 0. The molecule has 1 aliphatic carbocycles. The minimum absolute atomic E-state index is 0.0246. The summed E-state index contributed by atoms with van der Waals surface area (Å²) >= 11 is 6.38. The number of ether oxygens (including phenoxy) is 3. The van der Waals surface area contributed by atoms with Crippen molar-refractivity contribution in [3.05, 3.63) is 45.8 Å². The van der Waals surface area contributed by atoms with Crippen LogP contribution < -0.4 is 15.6 Å². The molecular weight excluding hydrogens is 496 g/mol. The number of halogens is 1. The maximum absolute atomic E-state index is 12.9. The number of nitrogens with zero attached hydrogens (tertiary/aromatic N) is 3. The van der Waals surface area contributed by atoms with Crippen molar-refractivity contribution in [2.75, 3.05) is 38.2 Å². The second-order valence-electron chi connectivity index (χ2n) is 10.1. The van der Waals surface area contributed by atoms with Gasteiger partial charge in [0.15, 0.2) is 0 Å². The highest BCUT2D eigenvalue weighted by molar-refractivity contribution is 6.32. The lowest BCUT2D eigenvalue weighted by atomic mass is 10.0. The smallest absolute Gasteiger partial charge is 0.410 e. The van der Waals surface area contributed by atoms with Gasteiger partial charge in [-0.3, -0.25) is 4.79 Å². The maximum atomic E-state index is 12.9. The van der Waals surface area contributed by atoms with Gasteiger partial charge in [0.25, 0.3) is 5.56 Å². The van der Waals surface area contributed by atoms with Crippen LogP contribution in [0.2, 0.25) is 5.02 Å². The first-order chi connectivity index (χ1) is 18.1. The summed E-state index contributed by atoms with van der Waals surface area (Å²) in [6.45, 7) is 3.47. The summed E-state index contributed by atoms with van der Waals surface area (Å²) in [5.74, 6) is 1.11. The molecular formula is C27H35ClN4O5. The van der Waals surface area contributed by atoms with Crippen molar-refractivity contribution in [2.24, 2.45) is 5.92 Å². The summed E-state index contributed by atoms with van der Waals surface area (Å²) in [5, 5.41) is 7.68. The maximum Gasteiger partial charge on any atom is 0.410 e. The van der Waals surface area contributed by atoms with E-state index in [0.717, 1.165) is 64.6 Å². The van der Waals surface area contributed by atoms with Crippen molar-refractivity contribution in [1.82, 2.24) is 14.7 Å². The Labute approximate surface area is 222 Å². The zero-order chi connectivity index (χ0) is 25.6. The average Bonchev–Trinajstić information content (AvgIpc) is 3.44. The molecule has 1 saturated carbocycles. The van der Waals surface area contributed by atoms with Gasteiger partial charge in [-0.25, -0.2) is 4.79 Å². The molecule has 9 nitrogen and oxygen atoms in total. The summed E-state index contributed by atoms with van der Waals surface area (Å²) in [4.78, 5) is 27.0. The molecule has 0 unspecified atom stereocenters. The number of nitrogens with one attached hydrogen (secondary N) is 1. The van der Waals surface area contributed by atoms with Crippen molar-refractivity contribution in [3.8, 4) is 11.4 Å². The topological polar surface area (TPSA) is 94.9 Å². The zero-order valence-corrected chi connectivity index (χ0v) is 21.8. The van der Waals surface area contributed by atoms with E-state index in [1.165, 1.54) is 4.68 Å². The fourth-order valence-corrected chi connectivity index (χ4v) is 5.40. The summed E-state index contributed by atoms with van der Waals surface area (Å²) in [5.41, 5.74) is 0.764. The standard InChI is InChI=1S/C27H35ClN4O5/c28-25-24(29-16-19-4-3-15-35-18-19)17-30-32(26(25)33)20-7-9-22(10-8-20)36-23-11-13-31(14-12-23)27(34)37-21-5-1-2-6-21/h7-10,17,19,21,23,29H,1-6,11-16,18H2/t19-/m0/s1. The predicted molar refractivity (Wildman–Crippen MR) is 141 cm³/mol. The third-order valence-electron chi connectivity index (χ3n) is 7.41. The normalized spacial score (nSPS) is 21.1. The zero-order valence-electron chi connectivity index (χ0n) is 21.1. The summed E-state index contributed by atoms with van der Waals surface area (Å²) < 4.78 is 18.6. The number of anilines is 1. The van der Waals surface area contributed by atoms with Gasteiger partial charge in [0.05, 0.1) is 24.2 Å². The molecule has 0 spiro atoms. The van der Waals surface area contributed by atoms with E-state index in [9.17, 15) is 9.59 Å². The van der Waals surface area contributed by atoms with Gasteiger partial charge in [-0.15, -0.1) is 0 Å². The SMILES string of the molecule is O=C(OC1CCCC1)N1CCC(Oc2ccc(-n3ncc(NC[C@@H]4CCCOC4)c(Cl)c3=O)cc2)CC1. The minimum atomic E-state index is -0.378. The number of hydrogen-bond donors (Lipinski definition) is 1. The van der Waals surface area contributed by atoms with Gasteiger partial charge in [0.1, 0.15) is 23.0 Å². The van der Waals surface area contributed by atoms with E-state index in [4.69, 9.17) is 25.8 Å². The Hall–Kier alpha value is -2.78. The lowest BCUT2D eigenvalue weighted by molar-refractivity contribution is 0.0439. The highest BCUT2D eigenvalue weighted by Crippen LogP contribution is 2.25. The number of hydrogen-bond acceptors (Lipinski definition) is 7. The molecule has 1 atom stereocenters. The average molecular weight is 531 g/mol. The molecule has 1 aromatic heterocycles. The first-order valence-corrected chi connectivity index (χ1v) is 13.8. The number of aromatic nitrogens is 2. The highest BCUT2D eigenvalue weighted by Gasteiger charge is 2.28. The summed E-state index contributed by atoms with van der Waals surface area (Å²) in [6.07, 6.45) is 9.38. The number of benzene rings is 1. The van der Waals surface area contributed by atoms with Gasteiger partial charge in [0, 0.05) is 39.1 Å². The Morgan fingerprint density at radius 3 is 2.51 bits per heavy atom. The van der Waals surface area contributed by atoms with Crippen LogP contribution in [0.15, 0.2) is 35.3 Å². The first-order valence-electron chi connectivity index (χ1n) is 13.4. The van der Waals surface area contributed by atoms with E-state index in [1.807, 2.05) is 12.1 Å². The minimum Gasteiger partial charge on any atom is -0.490 e. The number of piperidine rings is 1. The number of amides is 1. The van der Waals surface area contributed by atoms with E-state index < -0.39 is 0 Å². The number of carbonyl (C=O) groups is 1. The van der Waals surface area contributed by atoms with Crippen molar-refractivity contribution in [3.63, 3.8) is 0 Å². The van der Waals surface area contributed by atoms with E-state index in [0.29, 0.717) is 42.7 Å². The van der Waals surface area contributed by atoms with Crippen molar-refractivity contribution >= 4 is 23.4 Å². The molecule has 37 heavy (non-hydrogen) atoms. The molecule has 1 amide bonds. The Kier molecular flexibility index (Phi) is 8.51. The molecule has 1 N–H and O–H groups in total. The van der Waals surface area contributed by atoms with Crippen molar-refractivity contribution in [2.45, 2.75) is 63.6 Å². The molecule has 10 heteroatoms. The van der Waals surface area contributed by atoms with Gasteiger partial charge in [-0.05, 0) is 68.7 Å². The number of rotatable bonds is 7. The Morgan fingerprint density at radius 1 is 1.05 bits per heavy atom. The fraction of sp³-hybridized carbons (Fsp3) is 0.593. The highest BCUT2D eigenvalue weighted by atomic mass is 35.5. The van der Waals surface area contributed by atoms with E-state index in [-0.39, 0.29) is 28.9 Å². The third kappa shape index (κ3) is 6.57. The van der Waals surface area contributed by atoms with Crippen molar-refractivity contribution < 1.29 is 19.0 Å². The molecule has 3 heterocycles. The van der Waals surface area contributed by atoms with Crippen LogP contribution in [0.4, 0.5) is 10.5 Å². The van der Waals surface area contributed by atoms with E-state index >= 15 is 0 Å². The molecule has 5 rings (SSSR count). The molecule has 2 aromatic rings. The Bertz CT molecular complexity index is 1100. The molecule has 0 radical (unpaired) electrons. The van der Waals surface area contributed by atoms with Crippen LogP contribution in [0.1, 0.15) is 51.4 Å². The van der Waals surface area contributed by atoms with E-state index in [2.05, 4.69) is 10.4 Å². The van der Waals surface area contributed by atoms with Crippen LogP contribution in [-0.2, 0) is 9.47 Å². The predicted octanol–water partition coefficient (Wildman–Crippen LogP) is 4.65. The van der Waals surface area contributed by atoms with Crippen LogP contribution in [0.25, 0.3) is 5.69 Å². The molecule has 1 aromatic carbocycles. The second-order valence-corrected chi connectivity index (χ2v) is 10.5. The monoisotopic (exact) mass is 530 g/mol. The lowest BCUT2D eigenvalue weighted by Crippen LogP contribution is -2.42. The number of likely N-dealkylation sites (tertiary alicyclic amines) is 1. The largest absolute Gasteiger partial charge is 0.490 e. The Morgan fingerprint density at radius 2 is 1.81 bits per heavy atom. The quantitative estimate of drug-likeness (QED) is 0.557. The Balaban J connectivity index is 1.13. The second kappa shape index (κ2) is 12.2. The van der Waals surface area contributed by atoms with Gasteiger partial charge >= 0.3 is 6.09 Å². The molecule has 2 saturated heterocycles. The summed E-state index contributed by atoms with van der Waals surface area (Å²) in [6, 6.07) is 7.24. The third-order valence-corrected chi connectivity index (χ3v) is 7.77. The lowest BCUT2D eigenvalue weighted by Gasteiger charge is -2.32. The van der Waals surface area contributed by atoms with Gasteiger partial charge in [0.2, 0.25) is 0 Å². The molecule has 200 valence electrons. The van der Waals surface area contributed by atoms with Crippen LogP contribution in [-0.4, -0.2) is 65.8 Å². The number of carbonyl (C=O) groups excluding carboxylic acids is 1. The van der Waals surface area contributed by atoms with Gasteiger partial charge < -0.3 is 24.4 Å². The van der Waals surface area contributed by atoms with Crippen LogP contribution in [0, 0.1) is 5.92 Å². The van der Waals surface area contributed by atoms with Gasteiger partial charge in [-0.2, -0.15) is 9.78 Å². The molecule has 3 fully saturated rings. The molecule has 3 aliphatic rings.